The molecule has 1 aromatic carbocycles. The molecule has 0 radical (unpaired) electrons. The van der Waals surface area contributed by atoms with Gasteiger partial charge in [0, 0.05) is 17.8 Å². The molecular weight excluding hydrogens is 352 g/mol. The molecule has 0 spiro atoms. The summed E-state index contributed by atoms with van der Waals surface area (Å²) in [5.41, 5.74) is 5.32. The second-order valence-electron chi connectivity index (χ2n) is 6.97. The van der Waals surface area contributed by atoms with Gasteiger partial charge in [-0.15, -0.1) is 0 Å². The largest absolute Gasteiger partial charge is 0.349 e. The Morgan fingerprint density at radius 2 is 2.00 bits per heavy atom. The molecule has 1 amide bonds. The highest BCUT2D eigenvalue weighted by Crippen LogP contribution is 2.26. The fraction of sp³-hybridized carbons (Fsp3) is 0.190. The van der Waals surface area contributed by atoms with Gasteiger partial charge in [-0.05, 0) is 49.6 Å². The number of nitrogens with one attached hydrogen (secondary N) is 1. The van der Waals surface area contributed by atoms with Crippen LogP contribution in [0.2, 0.25) is 0 Å². The van der Waals surface area contributed by atoms with Gasteiger partial charge in [-0.25, -0.2) is 15.0 Å². The van der Waals surface area contributed by atoms with Gasteiger partial charge in [-0.1, -0.05) is 12.1 Å². The van der Waals surface area contributed by atoms with E-state index in [1.807, 2.05) is 47.9 Å². The average Bonchev–Trinajstić information content (AvgIpc) is 3.44. The number of carbonyl (C=O) groups excluding carboxylic acids is 1. The number of imidazole rings is 1. The number of fused-ring (bicyclic) bond motifs is 1. The van der Waals surface area contributed by atoms with Crippen LogP contribution in [-0.2, 0) is 0 Å². The molecule has 0 bridgehead atoms. The van der Waals surface area contributed by atoms with Crippen LogP contribution in [0.1, 0.15) is 28.8 Å². The van der Waals surface area contributed by atoms with Gasteiger partial charge in [0.1, 0.15) is 23.9 Å². The van der Waals surface area contributed by atoms with E-state index in [0.717, 1.165) is 29.8 Å². The van der Waals surface area contributed by atoms with Crippen molar-refractivity contribution in [2.24, 2.45) is 0 Å². The predicted octanol–water partition coefficient (Wildman–Crippen LogP) is 3.08. The summed E-state index contributed by atoms with van der Waals surface area (Å²) in [7, 11) is 0. The molecule has 3 heterocycles. The van der Waals surface area contributed by atoms with Crippen LogP contribution in [0, 0.1) is 6.92 Å². The van der Waals surface area contributed by atoms with Gasteiger partial charge >= 0.3 is 0 Å². The van der Waals surface area contributed by atoms with E-state index in [0.29, 0.717) is 28.5 Å². The Hall–Kier alpha value is -3.61. The van der Waals surface area contributed by atoms with Crippen molar-refractivity contribution in [2.45, 2.75) is 25.8 Å². The van der Waals surface area contributed by atoms with Gasteiger partial charge in [0.15, 0.2) is 5.65 Å². The molecule has 0 saturated heterocycles. The molecule has 7 nitrogen and oxygen atoms in total. The molecule has 0 unspecified atom stereocenters. The topological polar surface area (TPSA) is 85.6 Å². The van der Waals surface area contributed by atoms with Crippen molar-refractivity contribution in [1.82, 2.24) is 29.8 Å². The van der Waals surface area contributed by atoms with E-state index in [1.165, 1.54) is 6.33 Å². The van der Waals surface area contributed by atoms with Gasteiger partial charge in [0.05, 0.1) is 11.4 Å². The lowest BCUT2D eigenvalue weighted by Gasteiger charge is -2.11. The quantitative estimate of drug-likeness (QED) is 0.597. The first-order valence-corrected chi connectivity index (χ1v) is 9.22. The minimum atomic E-state index is -0.0445. The predicted molar refractivity (Wildman–Crippen MR) is 105 cm³/mol. The van der Waals surface area contributed by atoms with Crippen LogP contribution in [0.15, 0.2) is 55.2 Å². The lowest BCUT2D eigenvalue weighted by molar-refractivity contribution is 0.0951. The van der Waals surface area contributed by atoms with E-state index >= 15 is 0 Å². The second kappa shape index (κ2) is 6.53. The molecule has 1 saturated carbocycles. The number of hydrogen-bond donors (Lipinski definition) is 1. The molecule has 1 N–H and O–H groups in total. The Bertz CT molecular complexity index is 1180. The third kappa shape index (κ3) is 2.90. The Balaban J connectivity index is 1.61. The maximum absolute atomic E-state index is 12.5. The molecule has 28 heavy (non-hydrogen) atoms. The molecular formula is C21H18N6O. The van der Waals surface area contributed by atoms with Crippen LogP contribution in [0.5, 0.6) is 0 Å². The van der Waals surface area contributed by atoms with Crippen LogP contribution in [0.25, 0.3) is 28.2 Å². The molecule has 0 atom stereocenters. The normalized spacial score (nSPS) is 13.6. The fourth-order valence-electron chi connectivity index (χ4n) is 3.21. The first-order chi connectivity index (χ1) is 13.7. The van der Waals surface area contributed by atoms with Crippen LogP contribution >= 0.6 is 0 Å². The highest BCUT2D eigenvalue weighted by Gasteiger charge is 2.24. The van der Waals surface area contributed by atoms with Crippen molar-refractivity contribution < 1.29 is 4.79 Å². The van der Waals surface area contributed by atoms with Crippen LogP contribution < -0.4 is 5.32 Å². The fourth-order valence-corrected chi connectivity index (χ4v) is 3.21. The number of carbonyl (C=O) groups is 1. The summed E-state index contributed by atoms with van der Waals surface area (Å²) in [6.07, 6.45) is 7.08. The zero-order chi connectivity index (χ0) is 19.1. The summed E-state index contributed by atoms with van der Waals surface area (Å²) in [5, 5.41) is 3.03. The first-order valence-electron chi connectivity index (χ1n) is 9.22. The van der Waals surface area contributed by atoms with Crippen molar-refractivity contribution in [2.75, 3.05) is 0 Å². The SMILES string of the molecule is Cc1ccc(C(=O)NC2CC2)cc1-n1cnc2c(-c3ccccn3)ncnc21. The number of amides is 1. The monoisotopic (exact) mass is 370 g/mol. The Morgan fingerprint density at radius 3 is 2.79 bits per heavy atom. The summed E-state index contributed by atoms with van der Waals surface area (Å²) in [6, 6.07) is 11.7. The number of benzene rings is 1. The Labute approximate surface area is 161 Å². The zero-order valence-electron chi connectivity index (χ0n) is 15.3. The van der Waals surface area contributed by atoms with Gasteiger partial charge < -0.3 is 5.32 Å². The van der Waals surface area contributed by atoms with E-state index < -0.39 is 0 Å². The summed E-state index contributed by atoms with van der Waals surface area (Å²) in [5.74, 6) is -0.0445. The van der Waals surface area contributed by atoms with Crippen LogP contribution in [0.3, 0.4) is 0 Å². The van der Waals surface area contributed by atoms with E-state index in [4.69, 9.17) is 0 Å². The molecule has 1 fully saturated rings. The van der Waals surface area contributed by atoms with Crippen molar-refractivity contribution >= 4 is 17.1 Å². The van der Waals surface area contributed by atoms with Crippen LogP contribution in [0.4, 0.5) is 0 Å². The van der Waals surface area contributed by atoms with Gasteiger partial charge in [0.2, 0.25) is 0 Å². The van der Waals surface area contributed by atoms with Crippen molar-refractivity contribution in [3.63, 3.8) is 0 Å². The van der Waals surface area contributed by atoms with Crippen LogP contribution in [-0.4, -0.2) is 36.5 Å². The summed E-state index contributed by atoms with van der Waals surface area (Å²) >= 11 is 0. The highest BCUT2D eigenvalue weighted by molar-refractivity contribution is 5.95. The van der Waals surface area contributed by atoms with Crippen molar-refractivity contribution in [3.8, 4) is 17.1 Å². The number of rotatable bonds is 4. The van der Waals surface area contributed by atoms with Gasteiger partial charge in [-0.3, -0.25) is 14.3 Å². The third-order valence-corrected chi connectivity index (χ3v) is 4.88. The average molecular weight is 370 g/mol. The number of nitrogens with zero attached hydrogens (tertiary/aromatic N) is 5. The van der Waals surface area contributed by atoms with E-state index in [1.54, 1.807) is 12.5 Å². The smallest absolute Gasteiger partial charge is 0.251 e. The highest BCUT2D eigenvalue weighted by atomic mass is 16.1. The molecule has 3 aromatic heterocycles. The molecule has 1 aliphatic carbocycles. The molecule has 1 aliphatic rings. The molecule has 7 heteroatoms. The molecule has 138 valence electrons. The van der Waals surface area contributed by atoms with E-state index in [9.17, 15) is 4.79 Å². The Morgan fingerprint density at radius 1 is 1.11 bits per heavy atom. The zero-order valence-corrected chi connectivity index (χ0v) is 15.3. The Kier molecular flexibility index (Phi) is 3.86. The third-order valence-electron chi connectivity index (χ3n) is 4.88. The van der Waals surface area contributed by atoms with Crippen molar-refractivity contribution in [3.05, 3.63) is 66.4 Å². The lowest BCUT2D eigenvalue weighted by Crippen LogP contribution is -2.25. The van der Waals surface area contributed by atoms with E-state index in [2.05, 4.69) is 25.3 Å². The maximum atomic E-state index is 12.5. The summed E-state index contributed by atoms with van der Waals surface area (Å²) in [6.45, 7) is 2.00. The minimum Gasteiger partial charge on any atom is -0.349 e. The van der Waals surface area contributed by atoms with Gasteiger partial charge in [0.25, 0.3) is 5.91 Å². The van der Waals surface area contributed by atoms with Gasteiger partial charge in [-0.2, -0.15) is 0 Å². The summed E-state index contributed by atoms with van der Waals surface area (Å²) < 4.78 is 1.90. The standard InChI is InChI=1S/C21H18N6O/c1-13-5-6-14(21(28)26-15-7-8-15)10-17(13)27-12-25-19-18(23-11-24-20(19)27)16-4-2-3-9-22-16/h2-6,9-12,15H,7-8H2,1H3,(H,26,28). The first kappa shape index (κ1) is 16.6. The maximum Gasteiger partial charge on any atom is 0.251 e. The molecule has 0 aliphatic heterocycles. The minimum absolute atomic E-state index is 0.0445. The van der Waals surface area contributed by atoms with Crippen molar-refractivity contribution in [1.29, 1.82) is 0 Å². The summed E-state index contributed by atoms with van der Waals surface area (Å²) in [4.78, 5) is 30.2. The molecule has 4 aromatic rings. The number of hydrogen-bond acceptors (Lipinski definition) is 5. The number of aryl methyl sites for hydroxylation is 1. The number of aromatic nitrogens is 5. The number of pyridine rings is 1. The second-order valence-corrected chi connectivity index (χ2v) is 6.97. The molecule has 5 rings (SSSR count). The lowest BCUT2D eigenvalue weighted by atomic mass is 10.1. The van der Waals surface area contributed by atoms with E-state index in [-0.39, 0.29) is 5.91 Å².